The first-order valence-corrected chi connectivity index (χ1v) is 10.0. The van der Waals surface area contributed by atoms with E-state index in [1.807, 2.05) is 47.2 Å². The molecule has 0 N–H and O–H groups in total. The van der Waals surface area contributed by atoms with Crippen LogP contribution in [0.2, 0.25) is 0 Å². The van der Waals surface area contributed by atoms with Gasteiger partial charge >= 0.3 is 0 Å². The molecule has 2 aromatic rings. The Hall–Kier alpha value is -2.08. The smallest absolute Gasteiger partial charge is 0.226 e. The fraction of sp³-hybridized carbons (Fsp3) is 0.500. The third-order valence-electron chi connectivity index (χ3n) is 4.82. The second-order valence-corrected chi connectivity index (χ2v) is 8.14. The number of hydrogen-bond donors (Lipinski definition) is 0. The van der Waals surface area contributed by atoms with Crippen molar-refractivity contribution in [3.05, 3.63) is 46.5 Å². The van der Waals surface area contributed by atoms with Gasteiger partial charge in [-0.2, -0.15) is 0 Å². The van der Waals surface area contributed by atoms with Gasteiger partial charge in [-0.05, 0) is 36.4 Å². The van der Waals surface area contributed by atoms with E-state index in [-0.39, 0.29) is 23.7 Å². The topological polar surface area (TPSA) is 53.8 Å². The number of nitrogens with zero attached hydrogens (tertiary/aromatic N) is 2. The van der Waals surface area contributed by atoms with Crippen molar-refractivity contribution in [2.45, 2.75) is 39.8 Å². The van der Waals surface area contributed by atoms with Crippen molar-refractivity contribution in [2.75, 3.05) is 13.1 Å². The number of rotatable bonds is 6. The molecular weight excluding hydrogens is 348 g/mol. The Morgan fingerprint density at radius 3 is 2.58 bits per heavy atom. The Labute approximate surface area is 158 Å². The zero-order chi connectivity index (χ0) is 18.5. The Morgan fingerprint density at radius 2 is 2.00 bits per heavy atom. The van der Waals surface area contributed by atoms with Gasteiger partial charge in [0.15, 0.2) is 0 Å². The first-order chi connectivity index (χ1) is 12.5. The third kappa shape index (κ3) is 4.55. The van der Waals surface area contributed by atoms with Crippen LogP contribution >= 0.6 is 11.3 Å². The number of amides is 2. The molecule has 140 valence electrons. The van der Waals surface area contributed by atoms with Crippen LogP contribution in [-0.4, -0.2) is 34.7 Å². The second kappa shape index (κ2) is 8.54. The largest absolute Gasteiger partial charge is 0.467 e. The van der Waals surface area contributed by atoms with Gasteiger partial charge in [0.05, 0.1) is 19.4 Å². The molecule has 26 heavy (non-hydrogen) atoms. The lowest BCUT2D eigenvalue weighted by molar-refractivity contribution is -0.143. The quantitative estimate of drug-likeness (QED) is 0.773. The van der Waals surface area contributed by atoms with Crippen LogP contribution in [0, 0.1) is 11.8 Å². The highest BCUT2D eigenvalue weighted by atomic mass is 32.1. The van der Waals surface area contributed by atoms with Crippen LogP contribution < -0.4 is 0 Å². The van der Waals surface area contributed by atoms with Gasteiger partial charge in [-0.15, -0.1) is 11.3 Å². The third-order valence-corrected chi connectivity index (χ3v) is 5.68. The van der Waals surface area contributed by atoms with Gasteiger partial charge < -0.3 is 14.2 Å². The van der Waals surface area contributed by atoms with Crippen LogP contribution in [0.5, 0.6) is 0 Å². The van der Waals surface area contributed by atoms with Crippen LogP contribution in [0.1, 0.15) is 37.3 Å². The molecule has 6 heteroatoms. The number of furan rings is 1. The van der Waals surface area contributed by atoms with Crippen molar-refractivity contribution >= 4 is 23.2 Å². The predicted molar refractivity (Wildman–Crippen MR) is 101 cm³/mol. The summed E-state index contributed by atoms with van der Waals surface area (Å²) in [6, 6.07) is 7.81. The average molecular weight is 375 g/mol. The molecule has 0 saturated carbocycles. The van der Waals surface area contributed by atoms with Gasteiger partial charge in [0, 0.05) is 29.8 Å². The summed E-state index contributed by atoms with van der Waals surface area (Å²) in [4.78, 5) is 30.2. The highest BCUT2D eigenvalue weighted by molar-refractivity contribution is 7.09. The molecule has 0 radical (unpaired) electrons. The van der Waals surface area contributed by atoms with Gasteiger partial charge in [-0.25, -0.2) is 0 Å². The highest BCUT2D eigenvalue weighted by Crippen LogP contribution is 2.24. The number of thiophene rings is 1. The summed E-state index contributed by atoms with van der Waals surface area (Å²) in [6.07, 6.45) is 3.10. The summed E-state index contributed by atoms with van der Waals surface area (Å²) < 4.78 is 5.45. The Morgan fingerprint density at radius 1 is 1.23 bits per heavy atom. The van der Waals surface area contributed by atoms with Crippen molar-refractivity contribution in [1.82, 2.24) is 9.80 Å². The molecule has 3 rings (SSSR count). The van der Waals surface area contributed by atoms with Crippen LogP contribution in [-0.2, 0) is 22.7 Å². The summed E-state index contributed by atoms with van der Waals surface area (Å²) in [6.45, 7) is 6.26. The van der Waals surface area contributed by atoms with Crippen LogP contribution in [0.4, 0.5) is 0 Å². The first kappa shape index (κ1) is 18.7. The molecule has 0 spiro atoms. The maximum Gasteiger partial charge on any atom is 0.226 e. The van der Waals surface area contributed by atoms with Crippen molar-refractivity contribution in [1.29, 1.82) is 0 Å². The van der Waals surface area contributed by atoms with E-state index < -0.39 is 0 Å². The normalized spacial score (nSPS) is 15.4. The van der Waals surface area contributed by atoms with E-state index in [4.69, 9.17) is 4.42 Å². The molecule has 0 aliphatic carbocycles. The minimum absolute atomic E-state index is 0.0107. The minimum Gasteiger partial charge on any atom is -0.467 e. The summed E-state index contributed by atoms with van der Waals surface area (Å²) >= 11 is 1.66. The molecule has 0 aromatic carbocycles. The highest BCUT2D eigenvalue weighted by Gasteiger charge is 2.31. The Bertz CT molecular complexity index is 665. The van der Waals surface area contributed by atoms with Crippen LogP contribution in [0.3, 0.4) is 0 Å². The number of hydrogen-bond acceptors (Lipinski definition) is 4. The summed E-state index contributed by atoms with van der Waals surface area (Å²) in [5, 5.41) is 2.03. The number of carbonyl (C=O) groups is 2. The molecular formula is C20H26N2O3S. The maximum atomic E-state index is 13.1. The van der Waals surface area contributed by atoms with E-state index in [2.05, 4.69) is 6.07 Å². The predicted octanol–water partition coefficient (Wildman–Crippen LogP) is 3.76. The van der Waals surface area contributed by atoms with Crippen molar-refractivity contribution in [3.8, 4) is 0 Å². The van der Waals surface area contributed by atoms with Crippen molar-refractivity contribution < 1.29 is 14.0 Å². The molecule has 2 amide bonds. The first-order valence-electron chi connectivity index (χ1n) is 9.17. The molecule has 2 aromatic heterocycles. The standard InChI is InChI=1S/C20H26N2O3S/c1-15(2)19(23)21-9-7-16(8-10-21)20(24)22(13-17-5-3-11-25-17)14-18-6-4-12-26-18/h3-6,11-12,15-16H,7-10,13-14H2,1-2H3. The molecule has 0 bridgehead atoms. The van der Waals surface area contributed by atoms with E-state index >= 15 is 0 Å². The zero-order valence-electron chi connectivity index (χ0n) is 15.4. The van der Waals surface area contributed by atoms with Gasteiger partial charge in [0.25, 0.3) is 0 Å². The molecule has 1 fully saturated rings. The minimum atomic E-state index is -0.0267. The summed E-state index contributed by atoms with van der Waals surface area (Å²) in [5.41, 5.74) is 0. The Balaban J connectivity index is 1.64. The Kier molecular flexibility index (Phi) is 6.14. The van der Waals surface area contributed by atoms with E-state index in [1.165, 1.54) is 0 Å². The van der Waals surface area contributed by atoms with Gasteiger partial charge in [0.2, 0.25) is 11.8 Å². The lowest BCUT2D eigenvalue weighted by Gasteiger charge is -2.34. The second-order valence-electron chi connectivity index (χ2n) is 7.11. The molecule has 0 unspecified atom stereocenters. The van der Waals surface area contributed by atoms with E-state index in [1.54, 1.807) is 17.6 Å². The fourth-order valence-corrected chi connectivity index (χ4v) is 4.08. The van der Waals surface area contributed by atoms with Gasteiger partial charge in [-0.1, -0.05) is 19.9 Å². The zero-order valence-corrected chi connectivity index (χ0v) is 16.2. The van der Waals surface area contributed by atoms with E-state index in [0.29, 0.717) is 26.2 Å². The number of likely N-dealkylation sites (tertiary alicyclic amines) is 1. The fourth-order valence-electron chi connectivity index (χ4n) is 3.36. The lowest BCUT2D eigenvalue weighted by atomic mass is 9.94. The van der Waals surface area contributed by atoms with E-state index in [0.717, 1.165) is 23.5 Å². The molecule has 1 saturated heterocycles. The monoisotopic (exact) mass is 374 g/mol. The average Bonchev–Trinajstić information content (AvgIpc) is 3.34. The lowest BCUT2D eigenvalue weighted by Crippen LogP contribution is -2.45. The summed E-state index contributed by atoms with van der Waals surface area (Å²) in [5.74, 6) is 1.12. The SMILES string of the molecule is CC(C)C(=O)N1CCC(C(=O)N(Cc2ccco2)Cc2cccs2)CC1. The molecule has 1 aliphatic rings. The van der Waals surface area contributed by atoms with Gasteiger partial charge in [0.1, 0.15) is 5.76 Å². The van der Waals surface area contributed by atoms with E-state index in [9.17, 15) is 9.59 Å². The van der Waals surface area contributed by atoms with Crippen LogP contribution in [0.15, 0.2) is 40.3 Å². The molecule has 5 nitrogen and oxygen atoms in total. The maximum absolute atomic E-state index is 13.1. The van der Waals surface area contributed by atoms with Crippen molar-refractivity contribution in [2.24, 2.45) is 11.8 Å². The number of carbonyl (C=O) groups excluding carboxylic acids is 2. The molecule has 1 aliphatic heterocycles. The van der Waals surface area contributed by atoms with Crippen LogP contribution in [0.25, 0.3) is 0 Å². The van der Waals surface area contributed by atoms with Gasteiger partial charge in [-0.3, -0.25) is 9.59 Å². The summed E-state index contributed by atoms with van der Waals surface area (Å²) in [7, 11) is 0. The molecule has 3 heterocycles. The number of piperidine rings is 1. The van der Waals surface area contributed by atoms with Crippen molar-refractivity contribution in [3.63, 3.8) is 0 Å². The molecule has 0 atom stereocenters.